The van der Waals surface area contributed by atoms with Crippen LogP contribution in [0, 0.1) is 5.41 Å². The van der Waals surface area contributed by atoms with Gasteiger partial charge in [-0.3, -0.25) is 14.5 Å². The summed E-state index contributed by atoms with van der Waals surface area (Å²) in [5.74, 6) is -0.243. The first-order valence-electron chi connectivity index (χ1n) is 7.57. The number of likely N-dealkylation sites (tertiary alicyclic amines) is 1. The van der Waals surface area contributed by atoms with Crippen LogP contribution >= 0.6 is 0 Å². The Morgan fingerprint density at radius 1 is 1.19 bits per heavy atom. The van der Waals surface area contributed by atoms with Gasteiger partial charge in [0, 0.05) is 6.42 Å². The summed E-state index contributed by atoms with van der Waals surface area (Å²) in [6, 6.07) is 9.32. The lowest BCUT2D eigenvalue weighted by Gasteiger charge is -2.37. The summed E-state index contributed by atoms with van der Waals surface area (Å²) >= 11 is 0. The molecule has 1 aromatic rings. The lowest BCUT2D eigenvalue weighted by Crippen LogP contribution is -2.51. The second kappa shape index (κ2) is 4.95. The fraction of sp³-hybridized carbons (Fsp3) is 0.529. The van der Waals surface area contributed by atoms with Gasteiger partial charge in [-0.15, -0.1) is 0 Å². The number of aliphatic hydroxyl groups excluding tert-OH is 1. The molecule has 1 saturated heterocycles. The smallest absolute Gasteiger partial charge is 0.236 e. The highest BCUT2D eigenvalue weighted by Gasteiger charge is 2.57. The molecular weight excluding hydrogens is 266 g/mol. The third kappa shape index (κ3) is 2.01. The highest BCUT2D eigenvalue weighted by atomic mass is 16.3. The summed E-state index contributed by atoms with van der Waals surface area (Å²) in [4.78, 5) is 26.8. The van der Waals surface area contributed by atoms with Crippen LogP contribution in [-0.2, 0) is 15.1 Å². The van der Waals surface area contributed by atoms with Crippen LogP contribution < -0.4 is 0 Å². The van der Waals surface area contributed by atoms with E-state index in [9.17, 15) is 14.7 Å². The zero-order chi connectivity index (χ0) is 15.1. The number of nitrogens with zero attached hydrogens (tertiary/aromatic N) is 1. The molecule has 1 aromatic carbocycles. The summed E-state index contributed by atoms with van der Waals surface area (Å²) in [7, 11) is 0. The van der Waals surface area contributed by atoms with Crippen LogP contribution in [0.2, 0.25) is 0 Å². The van der Waals surface area contributed by atoms with Gasteiger partial charge in [0.15, 0.2) is 0 Å². The predicted octanol–water partition coefficient (Wildman–Crippen LogP) is 2.21. The number of hydrogen-bond acceptors (Lipinski definition) is 3. The molecule has 0 bridgehead atoms. The van der Waals surface area contributed by atoms with Gasteiger partial charge in [0.25, 0.3) is 0 Å². The van der Waals surface area contributed by atoms with E-state index in [-0.39, 0.29) is 18.4 Å². The quantitative estimate of drug-likeness (QED) is 0.867. The third-order valence-electron chi connectivity index (χ3n) is 5.15. The minimum atomic E-state index is -0.971. The monoisotopic (exact) mass is 287 g/mol. The molecule has 1 unspecified atom stereocenters. The van der Waals surface area contributed by atoms with E-state index in [4.69, 9.17) is 0 Å². The summed E-state index contributed by atoms with van der Waals surface area (Å²) in [5, 5.41) is 9.92. The molecule has 112 valence electrons. The first-order valence-corrected chi connectivity index (χ1v) is 7.57. The van der Waals surface area contributed by atoms with Gasteiger partial charge in [0.2, 0.25) is 11.8 Å². The van der Waals surface area contributed by atoms with Crippen LogP contribution in [-0.4, -0.2) is 28.4 Å². The van der Waals surface area contributed by atoms with Gasteiger partial charge in [0.1, 0.15) is 0 Å². The molecule has 1 N–H and O–H groups in total. The number of hydrogen-bond donors (Lipinski definition) is 1. The zero-order valence-electron chi connectivity index (χ0n) is 12.3. The molecule has 1 atom stereocenters. The normalized spacial score (nSPS) is 23.8. The van der Waals surface area contributed by atoms with Gasteiger partial charge >= 0.3 is 0 Å². The van der Waals surface area contributed by atoms with Crippen LogP contribution in [0.25, 0.3) is 0 Å². The van der Waals surface area contributed by atoms with Crippen LogP contribution in [0.1, 0.15) is 44.6 Å². The lowest BCUT2D eigenvalue weighted by atomic mass is 9.84. The van der Waals surface area contributed by atoms with Crippen LogP contribution in [0.15, 0.2) is 30.3 Å². The van der Waals surface area contributed by atoms with Crippen molar-refractivity contribution in [2.45, 2.75) is 44.6 Å². The fourth-order valence-corrected chi connectivity index (χ4v) is 3.82. The molecule has 4 heteroatoms. The molecule has 1 saturated carbocycles. The second-order valence-electron chi connectivity index (χ2n) is 6.50. The zero-order valence-corrected chi connectivity index (χ0v) is 12.3. The molecule has 2 aliphatic rings. The molecule has 1 aliphatic heterocycles. The molecule has 1 heterocycles. The summed E-state index contributed by atoms with van der Waals surface area (Å²) in [6.45, 7) is 1.51. The molecule has 1 spiro atoms. The molecule has 0 aromatic heterocycles. The van der Waals surface area contributed by atoms with E-state index in [0.717, 1.165) is 31.2 Å². The van der Waals surface area contributed by atoms with Gasteiger partial charge < -0.3 is 5.11 Å². The Morgan fingerprint density at radius 2 is 1.81 bits per heavy atom. The highest BCUT2D eigenvalue weighted by Crippen LogP contribution is 2.49. The average Bonchev–Trinajstić information content (AvgIpc) is 3.06. The molecule has 4 nitrogen and oxygen atoms in total. The van der Waals surface area contributed by atoms with Crippen LogP contribution in [0.4, 0.5) is 0 Å². The topological polar surface area (TPSA) is 57.6 Å². The molecule has 1 aliphatic carbocycles. The Bertz CT molecular complexity index is 563. The average molecular weight is 287 g/mol. The minimum Gasteiger partial charge on any atom is -0.394 e. The van der Waals surface area contributed by atoms with E-state index in [1.54, 1.807) is 6.92 Å². The van der Waals surface area contributed by atoms with Gasteiger partial charge in [-0.1, -0.05) is 43.2 Å². The maximum atomic E-state index is 12.9. The van der Waals surface area contributed by atoms with Crippen molar-refractivity contribution in [3.8, 4) is 0 Å². The van der Waals surface area contributed by atoms with Gasteiger partial charge in [-0.05, 0) is 25.3 Å². The third-order valence-corrected chi connectivity index (χ3v) is 5.15. The van der Waals surface area contributed by atoms with Crippen molar-refractivity contribution >= 4 is 11.8 Å². The van der Waals surface area contributed by atoms with Crippen molar-refractivity contribution in [1.82, 2.24) is 4.90 Å². The van der Waals surface area contributed by atoms with E-state index < -0.39 is 11.0 Å². The summed E-state index contributed by atoms with van der Waals surface area (Å²) in [5.41, 5.74) is -0.673. The summed E-state index contributed by atoms with van der Waals surface area (Å²) < 4.78 is 0. The molecule has 2 fully saturated rings. The maximum Gasteiger partial charge on any atom is 0.236 e. The van der Waals surface area contributed by atoms with Crippen LogP contribution in [0.3, 0.4) is 0 Å². The lowest BCUT2D eigenvalue weighted by molar-refractivity contribution is -0.150. The Kier molecular flexibility index (Phi) is 3.36. The Hall–Kier alpha value is -1.68. The number of rotatable bonds is 3. The summed E-state index contributed by atoms with van der Waals surface area (Å²) in [6.07, 6.45) is 3.91. The van der Waals surface area contributed by atoms with E-state index in [1.807, 2.05) is 30.3 Å². The number of aliphatic hydroxyl groups is 1. The highest BCUT2D eigenvalue weighted by molar-refractivity contribution is 6.06. The number of amides is 2. The fourth-order valence-electron chi connectivity index (χ4n) is 3.82. The van der Waals surface area contributed by atoms with E-state index in [0.29, 0.717) is 6.42 Å². The van der Waals surface area contributed by atoms with E-state index >= 15 is 0 Å². The Labute approximate surface area is 124 Å². The number of imide groups is 1. The van der Waals surface area contributed by atoms with Crippen LogP contribution in [0.5, 0.6) is 0 Å². The molecular formula is C17H21NO3. The molecule has 21 heavy (non-hydrogen) atoms. The maximum absolute atomic E-state index is 12.9. The van der Waals surface area contributed by atoms with Crippen molar-refractivity contribution in [2.24, 2.45) is 5.41 Å². The van der Waals surface area contributed by atoms with Crippen molar-refractivity contribution in [1.29, 1.82) is 0 Å². The Balaban J connectivity index is 2.01. The van der Waals surface area contributed by atoms with Crippen molar-refractivity contribution in [3.05, 3.63) is 35.9 Å². The number of carbonyl (C=O) groups is 2. The minimum absolute atomic E-state index is 0.0922. The molecule has 3 rings (SSSR count). The van der Waals surface area contributed by atoms with E-state index in [2.05, 4.69) is 0 Å². The largest absolute Gasteiger partial charge is 0.394 e. The molecule has 2 amide bonds. The van der Waals surface area contributed by atoms with Crippen molar-refractivity contribution in [2.75, 3.05) is 6.61 Å². The predicted molar refractivity (Wildman–Crippen MR) is 78.3 cm³/mol. The first kappa shape index (κ1) is 14.3. The number of benzene rings is 1. The number of carbonyl (C=O) groups excluding carboxylic acids is 2. The van der Waals surface area contributed by atoms with Gasteiger partial charge in [-0.25, -0.2) is 0 Å². The van der Waals surface area contributed by atoms with Gasteiger partial charge in [0.05, 0.1) is 17.6 Å². The van der Waals surface area contributed by atoms with Crippen molar-refractivity contribution in [3.63, 3.8) is 0 Å². The second-order valence-corrected chi connectivity index (χ2v) is 6.50. The molecule has 0 radical (unpaired) electrons. The first-order chi connectivity index (χ1) is 10.0. The standard InChI is InChI=1S/C17H21NO3/c1-16(12-19,13-7-3-2-4-8-13)18-14(20)11-17(15(18)21)9-5-6-10-17/h2-4,7-8,19H,5-6,9-12H2,1H3. The van der Waals surface area contributed by atoms with Crippen molar-refractivity contribution < 1.29 is 14.7 Å². The van der Waals surface area contributed by atoms with E-state index in [1.165, 1.54) is 4.90 Å². The Morgan fingerprint density at radius 3 is 2.38 bits per heavy atom. The van der Waals surface area contributed by atoms with Gasteiger partial charge in [-0.2, -0.15) is 0 Å². The SMILES string of the molecule is CC(CO)(c1ccccc1)N1C(=O)CC2(CCCC2)C1=O.